The number of H-pyrrole nitrogens is 2. The van der Waals surface area contributed by atoms with Crippen LogP contribution in [0.1, 0.15) is 33.7 Å². The maximum Gasteiger partial charge on any atom is 0.270 e. The Morgan fingerprint density at radius 2 is 2.08 bits per heavy atom. The average Bonchev–Trinajstić information content (AvgIpc) is 3.38. The number of hydrogen-bond donors (Lipinski definition) is 2. The van der Waals surface area contributed by atoms with E-state index in [1.165, 1.54) is 18.0 Å². The molecule has 9 heteroatoms. The number of halogens is 1. The molecule has 134 valence electrons. The van der Waals surface area contributed by atoms with E-state index in [0.717, 1.165) is 31.4 Å². The van der Waals surface area contributed by atoms with E-state index in [-0.39, 0.29) is 17.4 Å². The summed E-state index contributed by atoms with van der Waals surface area (Å²) in [5.41, 5.74) is 2.25. The van der Waals surface area contributed by atoms with E-state index in [4.69, 9.17) is 11.6 Å². The maximum atomic E-state index is 12.4. The Bertz CT molecular complexity index is 977. The van der Waals surface area contributed by atoms with E-state index < -0.39 is 0 Å². The van der Waals surface area contributed by atoms with Gasteiger partial charge in [0, 0.05) is 31.0 Å². The zero-order valence-corrected chi connectivity index (χ0v) is 15.4. The number of hydrogen-bond acceptors (Lipinski definition) is 5. The quantitative estimate of drug-likeness (QED) is 0.516. The van der Waals surface area contributed by atoms with E-state index in [1.54, 1.807) is 23.2 Å². The standard InChI is InChI=1S/C17H16ClN5O2S/c18-11-6-12-15(20-8-11)22-17(21-12)26-9-14(24)10-5-13(19-7-10)16(25)23-3-1-2-4-23/h5-8,19H,1-4,9H2,(H,20,21,22). The van der Waals surface area contributed by atoms with Crippen molar-refractivity contribution in [3.63, 3.8) is 0 Å². The number of nitrogens with zero attached hydrogens (tertiary/aromatic N) is 3. The molecule has 0 aliphatic carbocycles. The first-order chi connectivity index (χ1) is 12.6. The number of nitrogens with one attached hydrogen (secondary N) is 2. The summed E-state index contributed by atoms with van der Waals surface area (Å²) in [4.78, 5) is 41.0. The normalized spacial score (nSPS) is 14.3. The Balaban J connectivity index is 1.40. The lowest BCUT2D eigenvalue weighted by atomic mass is 10.2. The molecular formula is C17H16ClN5O2S. The van der Waals surface area contributed by atoms with Crippen molar-refractivity contribution < 1.29 is 9.59 Å². The van der Waals surface area contributed by atoms with Gasteiger partial charge in [-0.3, -0.25) is 9.59 Å². The van der Waals surface area contributed by atoms with Crippen molar-refractivity contribution in [2.24, 2.45) is 0 Å². The second-order valence-corrected chi connectivity index (χ2v) is 7.48. The number of rotatable bonds is 5. The monoisotopic (exact) mass is 389 g/mol. The summed E-state index contributed by atoms with van der Waals surface area (Å²) < 4.78 is 0. The molecule has 0 bridgehead atoms. The van der Waals surface area contributed by atoms with Crippen LogP contribution in [0.3, 0.4) is 0 Å². The third-order valence-electron chi connectivity index (χ3n) is 4.25. The van der Waals surface area contributed by atoms with Gasteiger partial charge in [0.1, 0.15) is 5.69 Å². The molecule has 0 saturated carbocycles. The number of aromatic amines is 2. The third kappa shape index (κ3) is 3.47. The van der Waals surface area contributed by atoms with Crippen LogP contribution in [0.25, 0.3) is 11.2 Å². The molecular weight excluding hydrogens is 374 g/mol. The van der Waals surface area contributed by atoms with Gasteiger partial charge in [0.05, 0.1) is 16.3 Å². The Morgan fingerprint density at radius 3 is 2.88 bits per heavy atom. The number of carbonyl (C=O) groups excluding carboxylic acids is 2. The van der Waals surface area contributed by atoms with Gasteiger partial charge in [-0.05, 0) is 25.0 Å². The van der Waals surface area contributed by atoms with Gasteiger partial charge in [-0.2, -0.15) is 0 Å². The summed E-state index contributed by atoms with van der Waals surface area (Å²) in [5.74, 6) is 0.0931. The van der Waals surface area contributed by atoms with Crippen LogP contribution in [-0.4, -0.2) is 55.4 Å². The summed E-state index contributed by atoms with van der Waals surface area (Å²) in [6.07, 6.45) is 5.19. The molecule has 3 aromatic heterocycles. The largest absolute Gasteiger partial charge is 0.356 e. The van der Waals surface area contributed by atoms with Crippen LogP contribution in [-0.2, 0) is 0 Å². The van der Waals surface area contributed by atoms with Crippen molar-refractivity contribution in [3.05, 3.63) is 40.8 Å². The number of ketones is 1. The highest BCUT2D eigenvalue weighted by Gasteiger charge is 2.21. The van der Waals surface area contributed by atoms with E-state index in [0.29, 0.717) is 27.1 Å². The van der Waals surface area contributed by atoms with Crippen molar-refractivity contribution in [1.82, 2.24) is 24.8 Å². The van der Waals surface area contributed by atoms with Crippen LogP contribution >= 0.6 is 23.4 Å². The second-order valence-electron chi connectivity index (χ2n) is 6.08. The van der Waals surface area contributed by atoms with Crippen molar-refractivity contribution in [1.29, 1.82) is 0 Å². The molecule has 26 heavy (non-hydrogen) atoms. The molecule has 0 unspecified atom stereocenters. The summed E-state index contributed by atoms with van der Waals surface area (Å²) in [6, 6.07) is 3.37. The molecule has 1 aliphatic rings. The Labute approximate surface area is 158 Å². The lowest BCUT2D eigenvalue weighted by Gasteiger charge is -2.13. The molecule has 1 amide bonds. The van der Waals surface area contributed by atoms with Crippen molar-refractivity contribution in [3.8, 4) is 0 Å². The highest BCUT2D eigenvalue weighted by atomic mass is 35.5. The Hall–Kier alpha value is -2.32. The van der Waals surface area contributed by atoms with Crippen molar-refractivity contribution >= 4 is 46.2 Å². The molecule has 4 heterocycles. The van der Waals surface area contributed by atoms with E-state index in [9.17, 15) is 9.59 Å². The molecule has 1 aliphatic heterocycles. The van der Waals surface area contributed by atoms with Gasteiger partial charge >= 0.3 is 0 Å². The predicted molar refractivity (Wildman–Crippen MR) is 99.9 cm³/mol. The SMILES string of the molecule is O=C(CSc1nc2ncc(Cl)cc2[nH]1)c1c[nH]c(C(=O)N2CCCC2)c1. The first kappa shape index (κ1) is 17.1. The van der Waals surface area contributed by atoms with E-state index in [1.807, 2.05) is 0 Å². The Kier molecular flexibility index (Phi) is 4.69. The fraction of sp³-hybridized carbons (Fsp3) is 0.294. The third-order valence-corrected chi connectivity index (χ3v) is 5.33. The minimum absolute atomic E-state index is 0.0468. The lowest BCUT2D eigenvalue weighted by molar-refractivity contribution is 0.0787. The average molecular weight is 390 g/mol. The number of imidazole rings is 1. The number of pyridine rings is 1. The fourth-order valence-electron chi connectivity index (χ4n) is 2.91. The maximum absolute atomic E-state index is 12.4. The number of thioether (sulfide) groups is 1. The number of likely N-dealkylation sites (tertiary alicyclic amines) is 1. The van der Waals surface area contributed by atoms with Gasteiger partial charge in [-0.25, -0.2) is 9.97 Å². The van der Waals surface area contributed by atoms with Crippen molar-refractivity contribution in [2.45, 2.75) is 18.0 Å². The van der Waals surface area contributed by atoms with Crippen LogP contribution in [0, 0.1) is 0 Å². The van der Waals surface area contributed by atoms with Gasteiger partial charge < -0.3 is 14.9 Å². The lowest BCUT2D eigenvalue weighted by Crippen LogP contribution is -2.27. The highest BCUT2D eigenvalue weighted by Crippen LogP contribution is 2.22. The number of Topliss-reactive ketones (excluding diaryl/α,β-unsaturated/α-hetero) is 1. The number of fused-ring (bicyclic) bond motifs is 1. The summed E-state index contributed by atoms with van der Waals surface area (Å²) in [6.45, 7) is 1.56. The molecule has 0 atom stereocenters. The predicted octanol–water partition coefficient (Wildman–Crippen LogP) is 3.15. The molecule has 7 nitrogen and oxygen atoms in total. The van der Waals surface area contributed by atoms with Gasteiger partial charge in [0.2, 0.25) is 0 Å². The Morgan fingerprint density at radius 1 is 1.27 bits per heavy atom. The molecule has 0 aromatic carbocycles. The molecule has 4 rings (SSSR count). The molecule has 3 aromatic rings. The van der Waals surface area contributed by atoms with Crippen LogP contribution in [0.4, 0.5) is 0 Å². The summed E-state index contributed by atoms with van der Waals surface area (Å²) >= 11 is 7.19. The van der Waals surface area contributed by atoms with Crippen molar-refractivity contribution in [2.75, 3.05) is 18.8 Å². The van der Waals surface area contributed by atoms with Gasteiger partial charge in [0.25, 0.3) is 5.91 Å². The highest BCUT2D eigenvalue weighted by molar-refractivity contribution is 7.99. The molecule has 1 saturated heterocycles. The minimum atomic E-state index is -0.0711. The van der Waals surface area contributed by atoms with Gasteiger partial charge in [-0.15, -0.1) is 0 Å². The zero-order chi connectivity index (χ0) is 18.1. The molecule has 0 radical (unpaired) electrons. The number of carbonyl (C=O) groups is 2. The number of amides is 1. The topological polar surface area (TPSA) is 94.7 Å². The minimum Gasteiger partial charge on any atom is -0.356 e. The van der Waals surface area contributed by atoms with E-state index >= 15 is 0 Å². The van der Waals surface area contributed by atoms with Crippen LogP contribution in [0.5, 0.6) is 0 Å². The number of aromatic nitrogens is 4. The van der Waals surface area contributed by atoms with Crippen LogP contribution in [0.15, 0.2) is 29.7 Å². The van der Waals surface area contributed by atoms with Crippen LogP contribution < -0.4 is 0 Å². The first-order valence-electron chi connectivity index (χ1n) is 8.25. The summed E-state index contributed by atoms with van der Waals surface area (Å²) in [5, 5.41) is 1.13. The van der Waals surface area contributed by atoms with Gasteiger partial charge in [0.15, 0.2) is 16.6 Å². The fourth-order valence-corrected chi connectivity index (χ4v) is 3.83. The van der Waals surface area contributed by atoms with Gasteiger partial charge in [-0.1, -0.05) is 23.4 Å². The molecule has 2 N–H and O–H groups in total. The molecule has 0 spiro atoms. The summed E-state index contributed by atoms with van der Waals surface area (Å²) in [7, 11) is 0. The zero-order valence-electron chi connectivity index (χ0n) is 13.8. The first-order valence-corrected chi connectivity index (χ1v) is 9.61. The van der Waals surface area contributed by atoms with Crippen LogP contribution in [0.2, 0.25) is 5.02 Å². The smallest absolute Gasteiger partial charge is 0.270 e. The second kappa shape index (κ2) is 7.13. The molecule has 1 fully saturated rings. The van der Waals surface area contributed by atoms with E-state index in [2.05, 4.69) is 19.9 Å².